The summed E-state index contributed by atoms with van der Waals surface area (Å²) in [6, 6.07) is 0. The van der Waals surface area contributed by atoms with E-state index in [-0.39, 0.29) is 6.10 Å². The molecule has 0 spiro atoms. The van der Waals surface area contributed by atoms with Crippen molar-refractivity contribution >= 4 is 0 Å². The second-order valence-electron chi connectivity index (χ2n) is 12.7. The molecular formula is C28H47N2O+. The molecule has 0 aliphatic heterocycles. The number of hydrogen-bond donors (Lipinski definition) is 1. The topological polar surface area (TPSA) is 29.0 Å². The van der Waals surface area contributed by atoms with Crippen molar-refractivity contribution in [3.8, 4) is 0 Å². The summed E-state index contributed by atoms with van der Waals surface area (Å²) in [4.78, 5) is 0. The van der Waals surface area contributed by atoms with Crippen LogP contribution < -0.4 is 4.57 Å². The second kappa shape index (κ2) is 8.19. The van der Waals surface area contributed by atoms with Crippen molar-refractivity contribution in [1.82, 2.24) is 4.57 Å². The predicted octanol–water partition coefficient (Wildman–Crippen LogP) is 5.75. The summed E-state index contributed by atoms with van der Waals surface area (Å²) in [7, 11) is 2.11. The molecule has 4 fully saturated rings. The average molecular weight is 428 g/mol. The Kier molecular flexibility index (Phi) is 5.81. The van der Waals surface area contributed by atoms with Crippen LogP contribution in [0.2, 0.25) is 0 Å². The number of aromatic nitrogens is 2. The lowest BCUT2D eigenvalue weighted by Gasteiger charge is -2.61. The Balaban J connectivity index is 1.24. The van der Waals surface area contributed by atoms with Crippen molar-refractivity contribution in [3.05, 3.63) is 18.7 Å². The van der Waals surface area contributed by atoms with Gasteiger partial charge in [-0.15, -0.1) is 0 Å². The number of rotatable bonds is 5. The van der Waals surface area contributed by atoms with E-state index in [9.17, 15) is 5.11 Å². The highest BCUT2D eigenvalue weighted by molar-refractivity contribution is 5.09. The largest absolute Gasteiger partial charge is 0.393 e. The molecule has 0 saturated heterocycles. The molecule has 0 radical (unpaired) electrons. The first-order valence-corrected chi connectivity index (χ1v) is 13.5. The van der Waals surface area contributed by atoms with Crippen LogP contribution in [0.25, 0.3) is 0 Å². The number of fused-ring (bicyclic) bond motifs is 5. The van der Waals surface area contributed by atoms with Crippen LogP contribution in [-0.4, -0.2) is 15.8 Å². The van der Waals surface area contributed by atoms with Gasteiger partial charge in [0.25, 0.3) is 0 Å². The average Bonchev–Trinajstić information content (AvgIpc) is 3.31. The molecule has 1 heterocycles. The minimum Gasteiger partial charge on any atom is -0.393 e. The summed E-state index contributed by atoms with van der Waals surface area (Å²) in [6.45, 7) is 9.06. The minimum absolute atomic E-state index is 0.0192. The van der Waals surface area contributed by atoms with E-state index in [0.29, 0.717) is 10.8 Å². The highest BCUT2D eigenvalue weighted by Gasteiger charge is 2.60. The Labute approximate surface area is 190 Å². The van der Waals surface area contributed by atoms with E-state index in [1.54, 1.807) is 0 Å². The molecule has 0 aromatic carbocycles. The van der Waals surface area contributed by atoms with E-state index < -0.39 is 0 Å². The van der Waals surface area contributed by atoms with E-state index in [0.717, 1.165) is 54.9 Å². The number of aliphatic hydroxyl groups is 1. The van der Waals surface area contributed by atoms with Crippen LogP contribution in [0.3, 0.4) is 0 Å². The molecule has 31 heavy (non-hydrogen) atoms. The van der Waals surface area contributed by atoms with Gasteiger partial charge in [0.2, 0.25) is 6.33 Å². The zero-order chi connectivity index (χ0) is 21.8. The maximum atomic E-state index is 10.3. The van der Waals surface area contributed by atoms with Gasteiger partial charge < -0.3 is 5.11 Å². The van der Waals surface area contributed by atoms with Gasteiger partial charge in [0.05, 0.1) is 19.7 Å². The first kappa shape index (κ1) is 22.0. The van der Waals surface area contributed by atoms with E-state index in [2.05, 4.69) is 55.7 Å². The Bertz CT molecular complexity index is 773. The third-order valence-corrected chi connectivity index (χ3v) is 11.3. The SMILES string of the molecule is C[C@H](CCCn1cc[n+](C)c1)[C@H]1CC[C@H]2[C@@H]3CC[C@@H]4C[C@H](O)CC[C@]4(C)[C@H]3CC[C@]12C. The number of aliphatic hydroxyl groups excluding tert-OH is 1. The van der Waals surface area contributed by atoms with Crippen molar-refractivity contribution in [1.29, 1.82) is 0 Å². The van der Waals surface area contributed by atoms with Crippen LogP contribution in [0, 0.1) is 46.3 Å². The number of hydrogen-bond acceptors (Lipinski definition) is 1. The van der Waals surface area contributed by atoms with Crippen LogP contribution in [0.15, 0.2) is 18.7 Å². The molecule has 0 bridgehead atoms. The lowest BCUT2D eigenvalue weighted by Crippen LogP contribution is -2.54. The van der Waals surface area contributed by atoms with Crippen molar-refractivity contribution in [2.45, 2.75) is 104 Å². The van der Waals surface area contributed by atoms with Gasteiger partial charge in [-0.25, -0.2) is 9.13 Å². The first-order chi connectivity index (χ1) is 14.8. The molecule has 4 saturated carbocycles. The van der Waals surface area contributed by atoms with E-state index >= 15 is 0 Å². The Hall–Kier alpha value is -0.830. The quantitative estimate of drug-likeness (QED) is 0.596. The number of aryl methyl sites for hydroxylation is 2. The molecule has 1 N–H and O–H groups in total. The fourth-order valence-corrected chi connectivity index (χ4v) is 9.64. The third kappa shape index (κ3) is 3.71. The number of nitrogens with zero attached hydrogens (tertiary/aromatic N) is 2. The maximum absolute atomic E-state index is 10.3. The summed E-state index contributed by atoms with van der Waals surface area (Å²) in [5.74, 6) is 5.43. The molecule has 4 aliphatic rings. The van der Waals surface area contributed by atoms with Gasteiger partial charge in [0, 0.05) is 0 Å². The Morgan fingerprint density at radius 1 is 1.03 bits per heavy atom. The normalized spacial score (nSPS) is 45.6. The van der Waals surface area contributed by atoms with Crippen LogP contribution in [-0.2, 0) is 13.6 Å². The molecule has 174 valence electrons. The molecule has 3 heteroatoms. The lowest BCUT2D eigenvalue weighted by atomic mass is 9.44. The molecule has 9 atom stereocenters. The summed E-state index contributed by atoms with van der Waals surface area (Å²) < 4.78 is 4.49. The first-order valence-electron chi connectivity index (χ1n) is 13.5. The van der Waals surface area contributed by atoms with Gasteiger partial charge in [-0.1, -0.05) is 20.8 Å². The van der Waals surface area contributed by atoms with Crippen molar-refractivity contribution in [3.63, 3.8) is 0 Å². The van der Waals surface area contributed by atoms with E-state index in [1.165, 1.54) is 57.8 Å². The van der Waals surface area contributed by atoms with Gasteiger partial charge in [0.1, 0.15) is 12.4 Å². The maximum Gasteiger partial charge on any atom is 0.243 e. The van der Waals surface area contributed by atoms with Gasteiger partial charge in [-0.05, 0) is 117 Å². The van der Waals surface area contributed by atoms with Gasteiger partial charge in [-0.3, -0.25) is 0 Å². The van der Waals surface area contributed by atoms with E-state index in [4.69, 9.17) is 0 Å². The van der Waals surface area contributed by atoms with Gasteiger partial charge in [0.15, 0.2) is 0 Å². The van der Waals surface area contributed by atoms with Crippen molar-refractivity contribution in [2.75, 3.05) is 0 Å². The van der Waals surface area contributed by atoms with E-state index in [1.807, 2.05) is 0 Å². The zero-order valence-corrected chi connectivity index (χ0v) is 20.6. The fraction of sp³-hybridized carbons (Fsp3) is 0.893. The second-order valence-corrected chi connectivity index (χ2v) is 12.7. The number of imidazole rings is 1. The minimum atomic E-state index is -0.0192. The molecule has 1 aromatic heterocycles. The lowest BCUT2D eigenvalue weighted by molar-refractivity contribution is -0.671. The molecule has 0 amide bonds. The monoisotopic (exact) mass is 427 g/mol. The molecule has 5 rings (SSSR count). The standard InChI is InChI=1S/C28H47N2O/c1-20(6-5-15-30-17-16-29(4)19-30)24-9-10-25-23-8-7-21-18-22(31)11-13-27(21,2)26(23)12-14-28(24,25)3/h16-17,19-26,31H,5-15,18H2,1-4H3/q+1/t20-,21-,22-,23+,24-,25+,26+,27+,28-/m1/s1. The van der Waals surface area contributed by atoms with Crippen LogP contribution in [0.4, 0.5) is 0 Å². The van der Waals surface area contributed by atoms with Gasteiger partial charge in [-0.2, -0.15) is 0 Å². The highest BCUT2D eigenvalue weighted by atomic mass is 16.3. The fourth-order valence-electron chi connectivity index (χ4n) is 9.64. The summed E-state index contributed by atoms with van der Waals surface area (Å²) in [5, 5.41) is 10.3. The highest BCUT2D eigenvalue weighted by Crippen LogP contribution is 2.68. The third-order valence-electron chi connectivity index (χ3n) is 11.3. The molecule has 1 aromatic rings. The predicted molar refractivity (Wildman–Crippen MR) is 125 cm³/mol. The zero-order valence-electron chi connectivity index (χ0n) is 20.6. The summed E-state index contributed by atoms with van der Waals surface area (Å²) in [6.07, 6.45) is 21.4. The van der Waals surface area contributed by atoms with Crippen LogP contribution in [0.5, 0.6) is 0 Å². The molecule has 4 aliphatic carbocycles. The van der Waals surface area contributed by atoms with Crippen LogP contribution >= 0.6 is 0 Å². The summed E-state index contributed by atoms with van der Waals surface area (Å²) >= 11 is 0. The van der Waals surface area contributed by atoms with Crippen LogP contribution in [0.1, 0.15) is 91.4 Å². The van der Waals surface area contributed by atoms with Crippen molar-refractivity contribution < 1.29 is 9.67 Å². The smallest absolute Gasteiger partial charge is 0.243 e. The summed E-state index contributed by atoms with van der Waals surface area (Å²) in [5.41, 5.74) is 1.10. The molecule has 3 nitrogen and oxygen atoms in total. The van der Waals surface area contributed by atoms with Crippen molar-refractivity contribution in [2.24, 2.45) is 53.4 Å². The Morgan fingerprint density at radius 2 is 1.81 bits per heavy atom. The van der Waals surface area contributed by atoms with Gasteiger partial charge >= 0.3 is 0 Å². The molecule has 0 unspecified atom stereocenters. The Morgan fingerprint density at radius 3 is 2.58 bits per heavy atom. The molecular weight excluding hydrogens is 380 g/mol.